The van der Waals surface area contributed by atoms with Crippen molar-refractivity contribution in [3.63, 3.8) is 0 Å². The number of hydrogen-bond donors (Lipinski definition) is 1. The van der Waals surface area contributed by atoms with Gasteiger partial charge >= 0.3 is 5.97 Å². The van der Waals surface area contributed by atoms with Crippen molar-refractivity contribution in [1.82, 2.24) is 0 Å². The van der Waals surface area contributed by atoms with Crippen LogP contribution < -0.4 is 5.32 Å². The second-order valence-electron chi connectivity index (χ2n) is 5.67. The van der Waals surface area contributed by atoms with Gasteiger partial charge < -0.3 is 10.1 Å². The minimum atomic E-state index is -0.518. The quantitative estimate of drug-likeness (QED) is 0.522. The van der Waals surface area contributed by atoms with Crippen LogP contribution in [0.1, 0.15) is 25.6 Å². The first-order valence-corrected chi connectivity index (χ1v) is 9.53. The molecule has 0 radical (unpaired) electrons. The van der Waals surface area contributed by atoms with E-state index < -0.39 is 11.9 Å². The molecule has 1 aromatic heterocycles. The molecule has 2 aromatic carbocycles. The minimum absolute atomic E-state index is 0.233. The third-order valence-electron chi connectivity index (χ3n) is 3.94. The molecule has 3 rings (SSSR count). The zero-order valence-corrected chi connectivity index (χ0v) is 16.8. The van der Waals surface area contributed by atoms with Gasteiger partial charge in [-0.25, -0.2) is 4.79 Å². The normalized spacial score (nSPS) is 10.5. The van der Waals surface area contributed by atoms with Crippen molar-refractivity contribution in [2.45, 2.75) is 6.92 Å². The first-order chi connectivity index (χ1) is 12.9. The molecule has 7 heteroatoms. The Labute approximate surface area is 170 Å². The van der Waals surface area contributed by atoms with Crippen molar-refractivity contribution in [2.75, 3.05) is 12.4 Å². The van der Waals surface area contributed by atoms with Gasteiger partial charge in [0.15, 0.2) is 0 Å². The third kappa shape index (κ3) is 4.00. The number of anilines is 1. The van der Waals surface area contributed by atoms with Crippen LogP contribution >= 0.6 is 34.5 Å². The van der Waals surface area contributed by atoms with Crippen LogP contribution in [0.2, 0.25) is 10.0 Å². The summed E-state index contributed by atoms with van der Waals surface area (Å²) in [5.74, 6) is -0.946. The Kier molecular flexibility index (Phi) is 5.85. The highest BCUT2D eigenvalue weighted by Gasteiger charge is 2.25. The van der Waals surface area contributed by atoms with Gasteiger partial charge in [0, 0.05) is 15.5 Å². The predicted molar refractivity (Wildman–Crippen MR) is 110 cm³/mol. The second kappa shape index (κ2) is 8.13. The van der Waals surface area contributed by atoms with Crippen LogP contribution in [-0.2, 0) is 4.74 Å². The Morgan fingerprint density at radius 3 is 2.41 bits per heavy atom. The first kappa shape index (κ1) is 19.4. The highest BCUT2D eigenvalue weighted by atomic mass is 35.5. The van der Waals surface area contributed by atoms with E-state index in [0.29, 0.717) is 15.6 Å². The van der Waals surface area contributed by atoms with E-state index in [0.717, 1.165) is 16.0 Å². The average Bonchev–Trinajstić information content (AvgIpc) is 2.97. The SMILES string of the molecule is COC(=O)c1c(NC(=O)c2ccc(Cl)cc2Cl)sc(C)c1-c1ccccc1. The molecule has 0 atom stereocenters. The van der Waals surface area contributed by atoms with Crippen molar-refractivity contribution in [3.8, 4) is 11.1 Å². The Hall–Kier alpha value is -2.34. The summed E-state index contributed by atoms with van der Waals surface area (Å²) in [4.78, 5) is 26.0. The third-order valence-corrected chi connectivity index (χ3v) is 5.51. The molecule has 1 amide bonds. The summed E-state index contributed by atoms with van der Waals surface area (Å²) in [6.45, 7) is 1.89. The summed E-state index contributed by atoms with van der Waals surface area (Å²) >= 11 is 13.3. The van der Waals surface area contributed by atoms with Crippen LogP contribution in [0, 0.1) is 6.92 Å². The van der Waals surface area contributed by atoms with Gasteiger partial charge in [0.05, 0.1) is 17.7 Å². The lowest BCUT2D eigenvalue weighted by Gasteiger charge is -2.09. The summed E-state index contributed by atoms with van der Waals surface area (Å²) < 4.78 is 4.95. The molecule has 0 aliphatic heterocycles. The van der Waals surface area contributed by atoms with E-state index >= 15 is 0 Å². The van der Waals surface area contributed by atoms with Gasteiger partial charge in [0.25, 0.3) is 5.91 Å². The van der Waals surface area contributed by atoms with Gasteiger partial charge in [-0.2, -0.15) is 0 Å². The molecule has 3 aromatic rings. The van der Waals surface area contributed by atoms with E-state index in [2.05, 4.69) is 5.32 Å². The lowest BCUT2D eigenvalue weighted by atomic mass is 10.0. The van der Waals surface area contributed by atoms with Crippen molar-refractivity contribution in [1.29, 1.82) is 0 Å². The fourth-order valence-electron chi connectivity index (χ4n) is 2.73. The number of thiophene rings is 1. The van der Waals surface area contributed by atoms with E-state index in [1.54, 1.807) is 6.07 Å². The molecule has 0 unspecified atom stereocenters. The number of amides is 1. The molecule has 4 nitrogen and oxygen atoms in total. The maximum atomic E-state index is 12.7. The monoisotopic (exact) mass is 419 g/mol. The number of esters is 1. The molecule has 1 N–H and O–H groups in total. The summed E-state index contributed by atoms with van der Waals surface area (Å²) in [5, 5.41) is 3.86. The number of ether oxygens (including phenoxy) is 1. The molecular formula is C20H15Cl2NO3S. The topological polar surface area (TPSA) is 55.4 Å². The number of methoxy groups -OCH3 is 1. The van der Waals surface area contributed by atoms with E-state index in [9.17, 15) is 9.59 Å². The van der Waals surface area contributed by atoms with Gasteiger partial charge in [-0.1, -0.05) is 53.5 Å². The number of carbonyl (C=O) groups is 2. The summed E-state index contributed by atoms with van der Waals surface area (Å²) in [7, 11) is 1.31. The molecule has 138 valence electrons. The minimum Gasteiger partial charge on any atom is -0.465 e. The molecule has 0 bridgehead atoms. The standard InChI is InChI=1S/C20H15Cl2NO3S/c1-11-16(12-6-4-3-5-7-12)17(20(25)26-2)19(27-11)23-18(24)14-9-8-13(21)10-15(14)22/h3-10H,1-2H3,(H,23,24). The van der Waals surface area contributed by atoms with E-state index in [1.165, 1.54) is 30.6 Å². The van der Waals surface area contributed by atoms with Gasteiger partial charge in [0.2, 0.25) is 0 Å². The van der Waals surface area contributed by atoms with Crippen LogP contribution in [-0.4, -0.2) is 19.0 Å². The molecule has 1 heterocycles. The Morgan fingerprint density at radius 1 is 1.07 bits per heavy atom. The Morgan fingerprint density at radius 2 is 1.78 bits per heavy atom. The van der Waals surface area contributed by atoms with Crippen LogP contribution in [0.5, 0.6) is 0 Å². The molecule has 0 saturated heterocycles. The summed E-state index contributed by atoms with van der Waals surface area (Å²) in [5.41, 5.74) is 2.20. The molecule has 0 aliphatic rings. The average molecular weight is 420 g/mol. The zero-order valence-electron chi connectivity index (χ0n) is 14.5. The van der Waals surface area contributed by atoms with Crippen LogP contribution in [0.3, 0.4) is 0 Å². The number of benzene rings is 2. The molecule has 0 aliphatic carbocycles. The van der Waals surface area contributed by atoms with Gasteiger partial charge in [-0.3, -0.25) is 4.79 Å². The number of rotatable bonds is 4. The maximum Gasteiger partial charge on any atom is 0.341 e. The van der Waals surface area contributed by atoms with E-state index in [-0.39, 0.29) is 10.6 Å². The maximum absolute atomic E-state index is 12.7. The van der Waals surface area contributed by atoms with Crippen LogP contribution in [0.15, 0.2) is 48.5 Å². The first-order valence-electron chi connectivity index (χ1n) is 7.96. The molecule has 0 spiro atoms. The van der Waals surface area contributed by atoms with Gasteiger partial charge in [-0.05, 0) is 30.7 Å². The molecule has 27 heavy (non-hydrogen) atoms. The van der Waals surface area contributed by atoms with E-state index in [1.807, 2.05) is 37.3 Å². The van der Waals surface area contributed by atoms with Gasteiger partial charge in [-0.15, -0.1) is 11.3 Å². The number of halogens is 2. The highest BCUT2D eigenvalue weighted by molar-refractivity contribution is 7.17. The van der Waals surface area contributed by atoms with Crippen molar-refractivity contribution in [3.05, 3.63) is 74.6 Å². The Balaban J connectivity index is 2.05. The molecule has 0 saturated carbocycles. The zero-order chi connectivity index (χ0) is 19.6. The predicted octanol–water partition coefficient (Wildman–Crippen LogP) is 6.07. The molecular weight excluding hydrogens is 405 g/mol. The fourth-order valence-corrected chi connectivity index (χ4v) is 4.28. The number of hydrogen-bond acceptors (Lipinski definition) is 4. The second-order valence-corrected chi connectivity index (χ2v) is 7.74. The van der Waals surface area contributed by atoms with Crippen LogP contribution in [0.4, 0.5) is 5.00 Å². The van der Waals surface area contributed by atoms with Crippen molar-refractivity contribution < 1.29 is 14.3 Å². The van der Waals surface area contributed by atoms with Crippen molar-refractivity contribution in [2.24, 2.45) is 0 Å². The van der Waals surface area contributed by atoms with Crippen LogP contribution in [0.25, 0.3) is 11.1 Å². The number of nitrogens with one attached hydrogen (secondary N) is 1. The number of aryl methyl sites for hydroxylation is 1. The van der Waals surface area contributed by atoms with E-state index in [4.69, 9.17) is 27.9 Å². The van der Waals surface area contributed by atoms with Crippen molar-refractivity contribution >= 4 is 51.4 Å². The van der Waals surface area contributed by atoms with Gasteiger partial charge in [0.1, 0.15) is 10.6 Å². The summed E-state index contributed by atoms with van der Waals surface area (Å²) in [6.07, 6.45) is 0. The highest BCUT2D eigenvalue weighted by Crippen LogP contribution is 2.40. The Bertz CT molecular complexity index is 1020. The lowest BCUT2D eigenvalue weighted by Crippen LogP contribution is -2.14. The molecule has 0 fully saturated rings. The lowest BCUT2D eigenvalue weighted by molar-refractivity contribution is 0.0603. The smallest absolute Gasteiger partial charge is 0.341 e. The largest absolute Gasteiger partial charge is 0.465 e. The fraction of sp³-hybridized carbons (Fsp3) is 0.100. The number of carbonyl (C=O) groups excluding carboxylic acids is 2. The summed E-state index contributed by atoms with van der Waals surface area (Å²) in [6, 6.07) is 14.1.